The summed E-state index contributed by atoms with van der Waals surface area (Å²) in [6.07, 6.45) is 3.50. The van der Waals surface area contributed by atoms with Crippen molar-refractivity contribution >= 4 is 11.9 Å². The van der Waals surface area contributed by atoms with Crippen LogP contribution in [0.25, 0.3) is 0 Å². The average molecular weight is 180 g/mol. The number of aromatic nitrogens is 1. The summed E-state index contributed by atoms with van der Waals surface area (Å²) in [5, 5.41) is 15.0. The maximum Gasteiger partial charge on any atom is 0.192 e. The van der Waals surface area contributed by atoms with Crippen molar-refractivity contribution < 1.29 is 0 Å². The molecule has 7 N–H and O–H groups in total. The first kappa shape index (κ1) is 10.9. The molecular formula is C7H12N6. The van der Waals surface area contributed by atoms with Crippen LogP contribution in [0.15, 0.2) is 30.6 Å². The third kappa shape index (κ3) is 9.89. The largest absolute Gasteiger partial charge is 0.370 e. The van der Waals surface area contributed by atoms with Crippen molar-refractivity contribution in [2.45, 2.75) is 0 Å². The fourth-order valence-electron chi connectivity index (χ4n) is 0.458. The highest BCUT2D eigenvalue weighted by Gasteiger charge is 1.83. The van der Waals surface area contributed by atoms with Crippen LogP contribution in [0.4, 0.5) is 0 Å². The lowest BCUT2D eigenvalue weighted by molar-refractivity contribution is 1.19. The first-order chi connectivity index (χ1) is 6.13. The summed E-state index contributed by atoms with van der Waals surface area (Å²) in [6.45, 7) is 0. The highest BCUT2D eigenvalue weighted by molar-refractivity contribution is 5.93. The summed E-state index contributed by atoms with van der Waals surface area (Å²) in [5.41, 5.74) is 9.49. The van der Waals surface area contributed by atoms with E-state index in [4.69, 9.17) is 22.3 Å². The zero-order valence-electron chi connectivity index (χ0n) is 6.99. The first-order valence-corrected chi connectivity index (χ1v) is 3.43. The molecule has 0 aliphatic rings. The summed E-state index contributed by atoms with van der Waals surface area (Å²) < 4.78 is 0. The quantitative estimate of drug-likeness (QED) is 0.271. The van der Waals surface area contributed by atoms with Gasteiger partial charge in [0.15, 0.2) is 11.9 Å². The van der Waals surface area contributed by atoms with E-state index >= 15 is 0 Å². The molecule has 0 aliphatic carbocycles. The van der Waals surface area contributed by atoms with Gasteiger partial charge in [-0.2, -0.15) is 0 Å². The lowest BCUT2D eigenvalue weighted by Crippen LogP contribution is -2.39. The predicted octanol–water partition coefficient (Wildman–Crippen LogP) is -0.555. The van der Waals surface area contributed by atoms with Gasteiger partial charge in [-0.25, -0.2) is 0 Å². The van der Waals surface area contributed by atoms with Gasteiger partial charge < -0.3 is 11.5 Å². The van der Waals surface area contributed by atoms with Gasteiger partial charge in [0, 0.05) is 12.4 Å². The molecule has 1 heterocycles. The summed E-state index contributed by atoms with van der Waals surface area (Å²) in [4.78, 5) is 3.78. The van der Waals surface area contributed by atoms with Crippen molar-refractivity contribution in [3.63, 3.8) is 0 Å². The van der Waals surface area contributed by atoms with Crippen molar-refractivity contribution in [3.8, 4) is 0 Å². The fourth-order valence-corrected chi connectivity index (χ4v) is 0.458. The van der Waals surface area contributed by atoms with Crippen LogP contribution in [-0.2, 0) is 0 Å². The molecule has 0 unspecified atom stereocenters. The van der Waals surface area contributed by atoms with Crippen molar-refractivity contribution in [2.75, 3.05) is 0 Å². The normalized spacial score (nSPS) is 7.69. The van der Waals surface area contributed by atoms with Gasteiger partial charge in [0.25, 0.3) is 0 Å². The molecule has 0 atom stereocenters. The van der Waals surface area contributed by atoms with Crippen molar-refractivity contribution in [1.29, 1.82) is 10.8 Å². The van der Waals surface area contributed by atoms with Crippen LogP contribution in [0, 0.1) is 10.8 Å². The topological polar surface area (TPSA) is 125 Å². The minimum Gasteiger partial charge on any atom is -0.370 e. The van der Waals surface area contributed by atoms with Gasteiger partial charge in [0.2, 0.25) is 0 Å². The van der Waals surface area contributed by atoms with Gasteiger partial charge in [0.05, 0.1) is 0 Å². The second-order valence-electron chi connectivity index (χ2n) is 1.98. The Bertz CT molecular complexity index is 218. The molecule has 6 nitrogen and oxygen atoms in total. The Morgan fingerprint density at radius 3 is 1.54 bits per heavy atom. The molecule has 0 fully saturated rings. The molecule has 0 bridgehead atoms. The number of hydrogen-bond acceptors (Lipinski definition) is 3. The zero-order chi connectivity index (χ0) is 10.1. The molecule has 70 valence electrons. The minimum atomic E-state index is -0.312. The Kier molecular flexibility index (Phi) is 5.52. The van der Waals surface area contributed by atoms with E-state index in [9.17, 15) is 0 Å². The van der Waals surface area contributed by atoms with Crippen molar-refractivity contribution in [2.24, 2.45) is 11.5 Å². The van der Waals surface area contributed by atoms with E-state index in [0.717, 1.165) is 0 Å². The van der Waals surface area contributed by atoms with Crippen LogP contribution < -0.4 is 16.8 Å². The maximum absolute atomic E-state index is 6.47. The highest BCUT2D eigenvalue weighted by atomic mass is 15.1. The van der Waals surface area contributed by atoms with Crippen LogP contribution in [-0.4, -0.2) is 16.9 Å². The standard InChI is InChI=1S/C5H5N.C2H7N5/c1-2-4-6-5-3-1;3-1(4)7-2(5)6/h1-5H;(H7,3,4,5,6,7). The Hall–Kier alpha value is -2.11. The van der Waals surface area contributed by atoms with Crippen LogP contribution in [0.1, 0.15) is 0 Å². The number of hydrogen-bond donors (Lipinski definition) is 5. The molecule has 1 aromatic heterocycles. The van der Waals surface area contributed by atoms with Crippen LogP contribution in [0.2, 0.25) is 0 Å². The highest BCUT2D eigenvalue weighted by Crippen LogP contribution is 1.73. The molecule has 0 saturated carbocycles. The number of guanidine groups is 2. The third-order valence-electron chi connectivity index (χ3n) is 0.836. The van der Waals surface area contributed by atoms with Crippen molar-refractivity contribution in [1.82, 2.24) is 10.3 Å². The van der Waals surface area contributed by atoms with E-state index in [-0.39, 0.29) is 11.9 Å². The van der Waals surface area contributed by atoms with Gasteiger partial charge >= 0.3 is 0 Å². The lowest BCUT2D eigenvalue weighted by Gasteiger charge is -1.95. The molecule has 6 heteroatoms. The Balaban J connectivity index is 0.000000223. The minimum absolute atomic E-state index is 0.312. The van der Waals surface area contributed by atoms with Gasteiger partial charge in [-0.1, -0.05) is 6.07 Å². The smallest absolute Gasteiger partial charge is 0.192 e. The molecular weight excluding hydrogens is 168 g/mol. The van der Waals surface area contributed by atoms with Crippen LogP contribution in [0.5, 0.6) is 0 Å². The first-order valence-electron chi connectivity index (χ1n) is 3.43. The van der Waals surface area contributed by atoms with E-state index in [0.29, 0.717) is 0 Å². The summed E-state index contributed by atoms with van der Waals surface area (Å²) >= 11 is 0. The monoisotopic (exact) mass is 180 g/mol. The van der Waals surface area contributed by atoms with E-state index in [1.165, 1.54) is 0 Å². The molecule has 13 heavy (non-hydrogen) atoms. The second kappa shape index (κ2) is 6.59. The molecule has 0 spiro atoms. The van der Waals surface area contributed by atoms with E-state index < -0.39 is 0 Å². The molecule has 0 saturated heterocycles. The Labute approximate surface area is 76.0 Å². The number of nitrogens with zero attached hydrogens (tertiary/aromatic N) is 1. The fraction of sp³-hybridized carbons (Fsp3) is 0. The number of rotatable bonds is 0. The van der Waals surface area contributed by atoms with E-state index in [2.05, 4.69) is 4.98 Å². The molecule has 1 rings (SSSR count). The van der Waals surface area contributed by atoms with Crippen LogP contribution >= 0.6 is 0 Å². The number of nitrogens with two attached hydrogens (primary N) is 2. The summed E-state index contributed by atoms with van der Waals surface area (Å²) in [5.74, 6) is -0.625. The van der Waals surface area contributed by atoms with Gasteiger partial charge in [-0.3, -0.25) is 21.1 Å². The number of nitrogens with one attached hydrogen (secondary N) is 3. The molecule has 0 amide bonds. The van der Waals surface area contributed by atoms with Crippen LogP contribution in [0.3, 0.4) is 0 Å². The van der Waals surface area contributed by atoms with Gasteiger partial charge in [-0.15, -0.1) is 0 Å². The second-order valence-corrected chi connectivity index (χ2v) is 1.98. The third-order valence-corrected chi connectivity index (χ3v) is 0.836. The summed E-state index contributed by atoms with van der Waals surface area (Å²) in [7, 11) is 0. The molecule has 0 aromatic carbocycles. The average Bonchev–Trinajstić information content (AvgIpc) is 2.06. The maximum atomic E-state index is 6.47. The molecule has 1 aromatic rings. The van der Waals surface area contributed by atoms with E-state index in [1.54, 1.807) is 12.4 Å². The molecule has 0 aliphatic heterocycles. The molecule has 0 radical (unpaired) electrons. The predicted molar refractivity (Wildman–Crippen MR) is 51.2 cm³/mol. The number of pyridine rings is 1. The van der Waals surface area contributed by atoms with Gasteiger partial charge in [0.1, 0.15) is 0 Å². The van der Waals surface area contributed by atoms with Crippen molar-refractivity contribution in [3.05, 3.63) is 30.6 Å². The zero-order valence-corrected chi connectivity index (χ0v) is 6.99. The Morgan fingerprint density at radius 2 is 1.46 bits per heavy atom. The lowest BCUT2D eigenvalue weighted by atomic mass is 10.5. The van der Waals surface area contributed by atoms with Gasteiger partial charge in [-0.05, 0) is 12.1 Å². The Morgan fingerprint density at radius 1 is 1.00 bits per heavy atom. The SMILES string of the molecule is N=C(N)NC(=N)N.c1ccncc1. The summed E-state index contributed by atoms with van der Waals surface area (Å²) in [6, 6.07) is 5.72. The van der Waals surface area contributed by atoms with E-state index in [1.807, 2.05) is 23.5 Å².